The second-order valence-electron chi connectivity index (χ2n) is 3.39. The molecule has 0 saturated heterocycles. The maximum atomic E-state index is 9.75. The van der Waals surface area contributed by atoms with Crippen LogP contribution in [0.25, 0.3) is 0 Å². The van der Waals surface area contributed by atoms with Crippen molar-refractivity contribution in [3.63, 3.8) is 0 Å². The van der Waals surface area contributed by atoms with Gasteiger partial charge < -0.3 is 13.9 Å². The van der Waals surface area contributed by atoms with Crippen molar-refractivity contribution in [3.05, 3.63) is 0 Å². The first-order chi connectivity index (χ1) is 7.83. The molecule has 0 aliphatic rings. The number of thiol groups is 1. The van der Waals surface area contributed by atoms with Gasteiger partial charge in [0.1, 0.15) is 0 Å². The van der Waals surface area contributed by atoms with Gasteiger partial charge >= 0.3 is 6.72 Å². The van der Waals surface area contributed by atoms with Gasteiger partial charge in [0.15, 0.2) is 0 Å². The zero-order chi connectivity index (χ0) is 13.4. The lowest BCUT2D eigenvalue weighted by Crippen LogP contribution is -1.96. The van der Waals surface area contributed by atoms with E-state index in [4.69, 9.17) is 37.0 Å². The third-order valence-electron chi connectivity index (χ3n) is 1.71. The fourth-order valence-electron chi connectivity index (χ4n) is 0.826. The molecule has 0 amide bonds. The molecule has 0 heterocycles. The van der Waals surface area contributed by atoms with E-state index in [9.17, 15) is 4.89 Å². The van der Waals surface area contributed by atoms with E-state index in [1.165, 1.54) is 0 Å². The van der Waals surface area contributed by atoms with Crippen molar-refractivity contribution in [1.29, 1.82) is 0 Å². The summed E-state index contributed by atoms with van der Waals surface area (Å²) in [5.74, 6) is 0. The first-order valence-electron chi connectivity index (χ1n) is 5.49. The summed E-state index contributed by atoms with van der Waals surface area (Å²) in [5, 5.41) is 0. The third kappa shape index (κ3) is 11.0. The highest BCUT2D eigenvalue weighted by molar-refractivity contribution is 8.60. The molecule has 1 N–H and O–H groups in total. The molecule has 0 fully saturated rings. The summed E-state index contributed by atoms with van der Waals surface area (Å²) in [6.45, 7) is 1.56. The Morgan fingerprint density at radius 2 is 1.53 bits per heavy atom. The SMILES string of the molecule is CCCCOP(O)(=S)OP(=S)(S)OCCCC. The molecule has 0 aromatic rings. The van der Waals surface area contributed by atoms with E-state index in [-0.39, 0.29) is 0 Å². The van der Waals surface area contributed by atoms with Gasteiger partial charge in [0.2, 0.25) is 0 Å². The second kappa shape index (κ2) is 9.40. The summed E-state index contributed by atoms with van der Waals surface area (Å²) < 4.78 is 15.6. The standard InChI is InChI=1S/C8H20O4P2S3/c1-3-5-7-10-13(9,15)12-14(16,17)11-8-6-4-2/h3-8H2,1-2H3,(H,9,15)(H,16,17). The molecule has 0 aromatic heterocycles. The fourth-order valence-corrected chi connectivity index (χ4v) is 7.03. The van der Waals surface area contributed by atoms with Crippen molar-refractivity contribution < 1.29 is 18.3 Å². The van der Waals surface area contributed by atoms with Crippen LogP contribution in [0.3, 0.4) is 0 Å². The maximum absolute atomic E-state index is 9.75. The average molecular weight is 338 g/mol. The Morgan fingerprint density at radius 1 is 1.06 bits per heavy atom. The van der Waals surface area contributed by atoms with Crippen LogP contribution in [0.1, 0.15) is 39.5 Å². The lowest BCUT2D eigenvalue weighted by Gasteiger charge is -2.22. The maximum Gasteiger partial charge on any atom is 0.330 e. The number of hydrogen-bond acceptors (Lipinski definition) is 5. The minimum Gasteiger partial charge on any atom is -0.324 e. The highest BCUT2D eigenvalue weighted by atomic mass is 32.9. The molecule has 0 aliphatic carbocycles. The molecule has 9 heteroatoms. The Balaban J connectivity index is 4.09. The minimum atomic E-state index is -3.32. The molecule has 0 rings (SSSR count). The van der Waals surface area contributed by atoms with Crippen LogP contribution in [0, 0.1) is 0 Å². The molecule has 2 atom stereocenters. The van der Waals surface area contributed by atoms with Crippen LogP contribution in [0.5, 0.6) is 0 Å². The molecule has 0 bridgehead atoms. The van der Waals surface area contributed by atoms with Crippen LogP contribution in [-0.2, 0) is 37.0 Å². The Labute approximate surface area is 119 Å². The molecule has 0 aliphatic heterocycles. The summed E-state index contributed by atoms with van der Waals surface area (Å²) >= 11 is 14.0. The van der Waals surface area contributed by atoms with E-state index in [2.05, 4.69) is 12.2 Å². The van der Waals surface area contributed by atoms with Gasteiger partial charge in [-0.15, -0.1) is 0 Å². The van der Waals surface area contributed by atoms with Gasteiger partial charge in [-0.1, -0.05) is 38.9 Å². The number of unbranched alkanes of at least 4 members (excludes halogenated alkanes) is 2. The van der Waals surface area contributed by atoms with E-state index in [1.54, 1.807) is 0 Å². The normalized spacial score (nSPS) is 18.6. The average Bonchev–Trinajstić information content (AvgIpc) is 2.16. The van der Waals surface area contributed by atoms with Crippen LogP contribution < -0.4 is 0 Å². The van der Waals surface area contributed by atoms with Crippen molar-refractivity contribution in [2.45, 2.75) is 39.5 Å². The minimum absolute atomic E-state index is 0.363. The summed E-state index contributed by atoms with van der Waals surface area (Å²) in [6, 6.07) is 0. The van der Waals surface area contributed by atoms with Crippen molar-refractivity contribution in [3.8, 4) is 0 Å². The Hall–Kier alpha value is 1.49. The summed E-state index contributed by atoms with van der Waals surface area (Å²) in [7, 11) is 0. The van der Waals surface area contributed by atoms with Crippen LogP contribution in [0.2, 0.25) is 0 Å². The van der Waals surface area contributed by atoms with Crippen LogP contribution in [-0.4, -0.2) is 18.1 Å². The second-order valence-corrected chi connectivity index (χ2v) is 11.7. The van der Waals surface area contributed by atoms with Gasteiger partial charge in [-0.25, -0.2) is 4.31 Å². The fraction of sp³-hybridized carbons (Fsp3) is 1.00. The molecule has 4 nitrogen and oxygen atoms in total. The van der Waals surface area contributed by atoms with Crippen LogP contribution in [0.4, 0.5) is 0 Å². The Bertz CT molecular complexity index is 272. The quantitative estimate of drug-likeness (QED) is 0.357. The predicted molar refractivity (Wildman–Crippen MR) is 82.6 cm³/mol. The molecule has 0 aromatic carbocycles. The largest absolute Gasteiger partial charge is 0.330 e. The highest BCUT2D eigenvalue weighted by Crippen LogP contribution is 2.66. The van der Waals surface area contributed by atoms with E-state index < -0.39 is 12.4 Å². The third-order valence-corrected chi connectivity index (χ3v) is 7.22. The Morgan fingerprint density at radius 3 is 2.00 bits per heavy atom. The first kappa shape index (κ1) is 18.5. The smallest absolute Gasteiger partial charge is 0.324 e. The van der Waals surface area contributed by atoms with Crippen LogP contribution >= 0.6 is 24.7 Å². The topological polar surface area (TPSA) is 47.9 Å². The summed E-state index contributed by atoms with van der Waals surface area (Å²) in [6.07, 6.45) is 3.63. The van der Waals surface area contributed by atoms with Crippen molar-refractivity contribution in [1.82, 2.24) is 0 Å². The Kier molecular flexibility index (Phi) is 10.2. The number of hydrogen-bond donors (Lipinski definition) is 2. The van der Waals surface area contributed by atoms with E-state index in [0.717, 1.165) is 25.7 Å². The van der Waals surface area contributed by atoms with E-state index in [0.29, 0.717) is 13.2 Å². The van der Waals surface area contributed by atoms with Crippen molar-refractivity contribution >= 4 is 48.3 Å². The molecule has 17 heavy (non-hydrogen) atoms. The van der Waals surface area contributed by atoms with E-state index in [1.807, 2.05) is 13.8 Å². The van der Waals surface area contributed by atoms with Crippen LogP contribution in [0.15, 0.2) is 0 Å². The number of rotatable bonds is 10. The van der Waals surface area contributed by atoms with Gasteiger partial charge in [-0.05, 0) is 36.5 Å². The highest BCUT2D eigenvalue weighted by Gasteiger charge is 2.25. The van der Waals surface area contributed by atoms with Gasteiger partial charge in [-0.2, -0.15) is 0 Å². The summed E-state index contributed by atoms with van der Waals surface area (Å²) in [4.78, 5) is 9.75. The summed E-state index contributed by atoms with van der Waals surface area (Å²) in [5.41, 5.74) is -2.79. The van der Waals surface area contributed by atoms with Gasteiger partial charge in [0, 0.05) is 0 Å². The first-order valence-corrected chi connectivity index (χ1v) is 11.9. The van der Waals surface area contributed by atoms with Gasteiger partial charge in [-0.3, -0.25) is 0 Å². The molecule has 104 valence electrons. The molecule has 0 saturated carbocycles. The van der Waals surface area contributed by atoms with Gasteiger partial charge in [0.05, 0.1) is 13.2 Å². The molecular formula is C8H20O4P2S3. The zero-order valence-electron chi connectivity index (χ0n) is 10.1. The zero-order valence-corrected chi connectivity index (χ0v) is 14.4. The predicted octanol–water partition coefficient (Wildman–Crippen LogP) is 4.01. The molecule has 2 unspecified atom stereocenters. The molecule has 0 radical (unpaired) electrons. The van der Waals surface area contributed by atoms with E-state index >= 15 is 0 Å². The van der Waals surface area contributed by atoms with Crippen molar-refractivity contribution in [2.75, 3.05) is 13.2 Å². The molecular weight excluding hydrogens is 318 g/mol. The monoisotopic (exact) mass is 338 g/mol. The lowest BCUT2D eigenvalue weighted by molar-refractivity contribution is 0.243. The lowest BCUT2D eigenvalue weighted by atomic mass is 10.4. The van der Waals surface area contributed by atoms with Gasteiger partial charge in [0.25, 0.3) is 5.69 Å². The van der Waals surface area contributed by atoms with Crippen molar-refractivity contribution in [2.24, 2.45) is 0 Å². The molecule has 0 spiro atoms.